The number of likely N-dealkylation sites (N-methyl/N-ethyl adjacent to an activating group) is 1. The highest BCUT2D eigenvalue weighted by molar-refractivity contribution is 5.85. The summed E-state index contributed by atoms with van der Waals surface area (Å²) in [6.07, 6.45) is 6.75. The maximum Gasteiger partial charge on any atom is 0.347 e. The molecule has 0 spiro atoms. The Morgan fingerprint density at radius 2 is 1.72 bits per heavy atom. The second kappa shape index (κ2) is 9.63. The number of carbonyl (C=O) groups is 1. The topological polar surface area (TPSA) is 59.4 Å². The van der Waals surface area contributed by atoms with Crippen molar-refractivity contribution in [3.8, 4) is 0 Å². The van der Waals surface area contributed by atoms with E-state index in [1.807, 2.05) is 48.7 Å². The number of benzene rings is 2. The van der Waals surface area contributed by atoms with Gasteiger partial charge in [-0.1, -0.05) is 66.7 Å². The Bertz CT molecular complexity index is 971. The minimum atomic E-state index is -1.83. The fraction of sp³-hybridized carbons (Fsp3) is 0.333. The van der Waals surface area contributed by atoms with Crippen LogP contribution >= 0.6 is 0 Å². The summed E-state index contributed by atoms with van der Waals surface area (Å²) in [5, 5.41) is 11.6. The molecule has 1 aromatic heterocycles. The highest BCUT2D eigenvalue weighted by atomic mass is 16.6. The van der Waals surface area contributed by atoms with E-state index in [1.54, 1.807) is 30.5 Å². The van der Waals surface area contributed by atoms with Crippen LogP contribution in [-0.2, 0) is 21.6 Å². The lowest BCUT2D eigenvalue weighted by Gasteiger charge is -2.36. The fourth-order valence-corrected chi connectivity index (χ4v) is 4.71. The minimum absolute atomic E-state index is 0.214. The lowest BCUT2D eigenvalue weighted by Crippen LogP contribution is -2.52. The summed E-state index contributed by atoms with van der Waals surface area (Å²) in [4.78, 5) is 17.5. The van der Waals surface area contributed by atoms with Crippen LogP contribution in [0.2, 0.25) is 0 Å². The average Bonchev–Trinajstić information content (AvgIpc) is 3.23. The van der Waals surface area contributed by atoms with Crippen molar-refractivity contribution in [2.75, 3.05) is 26.7 Å². The zero-order chi connectivity index (χ0) is 22.4. The van der Waals surface area contributed by atoms with Crippen molar-refractivity contribution in [2.24, 2.45) is 0 Å². The molecule has 0 saturated carbocycles. The predicted octanol–water partition coefficient (Wildman–Crippen LogP) is 3.71. The van der Waals surface area contributed by atoms with E-state index in [1.165, 1.54) is 5.56 Å². The summed E-state index contributed by atoms with van der Waals surface area (Å²) >= 11 is 0. The van der Waals surface area contributed by atoms with Gasteiger partial charge in [-0.2, -0.15) is 0 Å². The van der Waals surface area contributed by atoms with Crippen LogP contribution in [0, 0.1) is 0 Å². The summed E-state index contributed by atoms with van der Waals surface area (Å²) in [5.74, 6) is -0.624. The molecule has 166 valence electrons. The summed E-state index contributed by atoms with van der Waals surface area (Å²) in [6.45, 7) is 2.32. The average molecular weight is 432 g/mol. The molecule has 0 aliphatic carbocycles. The number of rotatable bonds is 8. The number of likely N-dealkylation sites (tertiary alicyclic amines) is 1. The first kappa shape index (κ1) is 22.2. The summed E-state index contributed by atoms with van der Waals surface area (Å²) in [6, 6.07) is 22.3. The van der Waals surface area contributed by atoms with E-state index in [-0.39, 0.29) is 6.04 Å². The Hall–Kier alpha value is -3.02. The first-order valence-electron chi connectivity index (χ1n) is 11.3. The smallest absolute Gasteiger partial charge is 0.347 e. The minimum Gasteiger partial charge on any atom is -0.457 e. The van der Waals surface area contributed by atoms with Gasteiger partial charge in [0, 0.05) is 31.7 Å². The second-order valence-corrected chi connectivity index (χ2v) is 8.87. The van der Waals surface area contributed by atoms with E-state index in [9.17, 15) is 9.90 Å². The zero-order valence-corrected chi connectivity index (χ0v) is 18.6. The molecule has 0 radical (unpaired) electrons. The van der Waals surface area contributed by atoms with E-state index >= 15 is 0 Å². The van der Waals surface area contributed by atoms with Crippen LogP contribution in [0.3, 0.4) is 0 Å². The summed E-state index contributed by atoms with van der Waals surface area (Å²) in [7, 11) is 2.24. The quantitative estimate of drug-likeness (QED) is 0.436. The van der Waals surface area contributed by atoms with Gasteiger partial charge in [-0.15, -0.1) is 0 Å². The second-order valence-electron chi connectivity index (χ2n) is 8.87. The highest BCUT2D eigenvalue weighted by Crippen LogP contribution is 2.32. The molecular weight excluding hydrogens is 400 g/mol. The van der Waals surface area contributed by atoms with Crippen LogP contribution in [0.25, 0.3) is 0 Å². The van der Waals surface area contributed by atoms with Crippen molar-refractivity contribution in [1.82, 2.24) is 4.98 Å². The van der Waals surface area contributed by atoms with Gasteiger partial charge in [0.05, 0.1) is 20.1 Å². The van der Waals surface area contributed by atoms with E-state index in [2.05, 4.69) is 18.1 Å². The standard InChI is InChI=1S/C27H31N2O3/c1-29(19-16-22-10-8-17-28-20-22)18-9-15-25(29)21-32-26(30)27(31,23-11-4-2-5-12-23)24-13-6-3-7-14-24/h2-8,10-14,17,20,25,31H,9,15-16,18-19,21H2,1H3/q+1. The third kappa shape index (κ3) is 4.59. The van der Waals surface area contributed by atoms with Crippen LogP contribution in [-0.4, -0.2) is 53.3 Å². The van der Waals surface area contributed by atoms with Gasteiger partial charge in [0.2, 0.25) is 5.60 Å². The molecular formula is C27H31N2O3+. The lowest BCUT2D eigenvalue weighted by atomic mass is 9.86. The van der Waals surface area contributed by atoms with Crippen LogP contribution < -0.4 is 0 Å². The number of esters is 1. The largest absolute Gasteiger partial charge is 0.457 e. The summed E-state index contributed by atoms with van der Waals surface area (Å²) in [5.41, 5.74) is 0.408. The molecule has 5 heteroatoms. The molecule has 0 amide bonds. The molecule has 2 heterocycles. The maximum atomic E-state index is 13.3. The van der Waals surface area contributed by atoms with Crippen LogP contribution in [0.1, 0.15) is 29.5 Å². The Morgan fingerprint density at radius 3 is 2.31 bits per heavy atom. The van der Waals surface area contributed by atoms with Gasteiger partial charge in [-0.3, -0.25) is 4.98 Å². The number of quaternary nitrogens is 1. The van der Waals surface area contributed by atoms with E-state index in [0.717, 1.165) is 36.8 Å². The SMILES string of the molecule is C[N+]1(CCc2cccnc2)CCCC1COC(=O)C(O)(c1ccccc1)c1ccccc1. The Balaban J connectivity index is 1.48. The molecule has 2 atom stereocenters. The monoisotopic (exact) mass is 431 g/mol. The lowest BCUT2D eigenvalue weighted by molar-refractivity contribution is -0.921. The molecule has 1 N–H and O–H groups in total. The highest BCUT2D eigenvalue weighted by Gasteiger charge is 2.44. The molecule has 1 fully saturated rings. The van der Waals surface area contributed by atoms with Crippen molar-refractivity contribution in [3.63, 3.8) is 0 Å². The molecule has 2 unspecified atom stereocenters. The van der Waals surface area contributed by atoms with Gasteiger partial charge in [0.1, 0.15) is 12.6 Å². The first-order valence-corrected chi connectivity index (χ1v) is 11.3. The number of carbonyl (C=O) groups excluding carboxylic acids is 1. The van der Waals surface area contributed by atoms with Gasteiger partial charge >= 0.3 is 5.97 Å². The van der Waals surface area contributed by atoms with Crippen LogP contribution in [0.15, 0.2) is 85.2 Å². The zero-order valence-electron chi connectivity index (χ0n) is 18.6. The Labute approximate surface area is 189 Å². The maximum absolute atomic E-state index is 13.3. The van der Waals surface area contributed by atoms with Gasteiger partial charge in [-0.25, -0.2) is 4.79 Å². The van der Waals surface area contributed by atoms with Gasteiger partial charge in [-0.05, 0) is 22.8 Å². The molecule has 1 aliphatic rings. The van der Waals surface area contributed by atoms with E-state index < -0.39 is 11.6 Å². The molecule has 32 heavy (non-hydrogen) atoms. The number of aliphatic hydroxyl groups is 1. The molecule has 4 rings (SSSR count). The van der Waals surface area contributed by atoms with Crippen molar-refractivity contribution < 1.29 is 19.1 Å². The van der Waals surface area contributed by atoms with Crippen molar-refractivity contribution in [1.29, 1.82) is 0 Å². The van der Waals surface area contributed by atoms with Gasteiger partial charge < -0.3 is 14.3 Å². The van der Waals surface area contributed by atoms with Crippen molar-refractivity contribution in [2.45, 2.75) is 30.9 Å². The first-order chi connectivity index (χ1) is 15.5. The van der Waals surface area contributed by atoms with Crippen LogP contribution in [0.4, 0.5) is 0 Å². The Kier molecular flexibility index (Phi) is 6.68. The predicted molar refractivity (Wildman–Crippen MR) is 124 cm³/mol. The van der Waals surface area contributed by atoms with Gasteiger partial charge in [0.25, 0.3) is 0 Å². The van der Waals surface area contributed by atoms with Crippen LogP contribution in [0.5, 0.6) is 0 Å². The van der Waals surface area contributed by atoms with E-state index in [0.29, 0.717) is 17.7 Å². The number of aromatic nitrogens is 1. The number of hydrogen-bond acceptors (Lipinski definition) is 4. The number of nitrogens with zero attached hydrogens (tertiary/aromatic N) is 2. The van der Waals surface area contributed by atoms with E-state index in [4.69, 9.17) is 4.74 Å². The molecule has 0 bridgehead atoms. The number of hydrogen-bond donors (Lipinski definition) is 1. The summed E-state index contributed by atoms with van der Waals surface area (Å²) < 4.78 is 6.69. The normalized spacial score (nSPS) is 20.8. The molecule has 5 nitrogen and oxygen atoms in total. The molecule has 3 aromatic rings. The van der Waals surface area contributed by atoms with Crippen molar-refractivity contribution in [3.05, 3.63) is 102 Å². The van der Waals surface area contributed by atoms with Crippen molar-refractivity contribution >= 4 is 5.97 Å². The molecule has 1 saturated heterocycles. The van der Waals surface area contributed by atoms with Gasteiger partial charge in [0.15, 0.2) is 0 Å². The molecule has 1 aliphatic heterocycles. The number of pyridine rings is 1. The molecule has 2 aromatic carbocycles. The third-order valence-corrected chi connectivity index (χ3v) is 6.81. The number of ether oxygens (including phenoxy) is 1. The third-order valence-electron chi connectivity index (χ3n) is 6.81. The Morgan fingerprint density at radius 1 is 1.06 bits per heavy atom. The fourth-order valence-electron chi connectivity index (χ4n) is 4.71.